The van der Waals surface area contributed by atoms with E-state index in [9.17, 15) is 14.0 Å². The summed E-state index contributed by atoms with van der Waals surface area (Å²) in [5.74, 6) is -0.0740. The molecule has 4 rings (SSSR count). The quantitative estimate of drug-likeness (QED) is 0.626. The molecule has 1 aliphatic rings. The van der Waals surface area contributed by atoms with Crippen molar-refractivity contribution in [3.8, 4) is 11.5 Å². The molecular formula is C23H18ClFN2O4. The number of anilines is 2. The van der Waals surface area contributed by atoms with E-state index in [1.807, 2.05) is 0 Å². The Morgan fingerprint density at radius 1 is 1.19 bits per heavy atom. The van der Waals surface area contributed by atoms with Gasteiger partial charge in [0.25, 0.3) is 11.8 Å². The summed E-state index contributed by atoms with van der Waals surface area (Å²) in [4.78, 5) is 26.5. The van der Waals surface area contributed by atoms with E-state index in [1.54, 1.807) is 55.6 Å². The van der Waals surface area contributed by atoms with Gasteiger partial charge >= 0.3 is 0 Å². The fourth-order valence-electron chi connectivity index (χ4n) is 3.24. The minimum atomic E-state index is -0.502. The Morgan fingerprint density at radius 3 is 2.68 bits per heavy atom. The van der Waals surface area contributed by atoms with Crippen molar-refractivity contribution in [3.63, 3.8) is 0 Å². The van der Waals surface area contributed by atoms with Gasteiger partial charge in [-0.1, -0.05) is 17.7 Å². The highest BCUT2D eigenvalue weighted by Gasteiger charge is 2.27. The molecule has 158 valence electrons. The average molecular weight is 441 g/mol. The molecule has 0 saturated heterocycles. The molecule has 3 aromatic carbocycles. The molecule has 31 heavy (non-hydrogen) atoms. The number of amides is 2. The normalized spacial score (nSPS) is 12.7. The lowest BCUT2D eigenvalue weighted by atomic mass is 10.1. The number of carbonyl (C=O) groups excluding carboxylic acids is 2. The van der Waals surface area contributed by atoms with Crippen LogP contribution in [0.1, 0.15) is 15.9 Å². The van der Waals surface area contributed by atoms with Gasteiger partial charge in [-0.3, -0.25) is 9.59 Å². The van der Waals surface area contributed by atoms with Gasteiger partial charge in [-0.15, -0.1) is 0 Å². The Morgan fingerprint density at radius 2 is 1.97 bits per heavy atom. The first kappa shape index (κ1) is 20.7. The van der Waals surface area contributed by atoms with Crippen LogP contribution in [0, 0.1) is 5.82 Å². The number of carbonyl (C=O) groups is 2. The second kappa shape index (κ2) is 8.65. The van der Waals surface area contributed by atoms with E-state index in [0.717, 1.165) is 0 Å². The third kappa shape index (κ3) is 4.32. The van der Waals surface area contributed by atoms with Crippen LogP contribution in [0.2, 0.25) is 5.02 Å². The van der Waals surface area contributed by atoms with Crippen LogP contribution in [0.3, 0.4) is 0 Å². The van der Waals surface area contributed by atoms with Crippen molar-refractivity contribution >= 4 is 34.8 Å². The Labute approximate surface area is 183 Å². The molecule has 6 nitrogen and oxygen atoms in total. The molecule has 0 radical (unpaired) electrons. The van der Waals surface area contributed by atoms with Gasteiger partial charge < -0.3 is 19.7 Å². The van der Waals surface area contributed by atoms with E-state index in [4.69, 9.17) is 21.1 Å². The number of methoxy groups -OCH3 is 1. The summed E-state index contributed by atoms with van der Waals surface area (Å²) in [6, 6.07) is 16.0. The van der Waals surface area contributed by atoms with Crippen LogP contribution in [-0.2, 0) is 11.3 Å². The summed E-state index contributed by atoms with van der Waals surface area (Å²) >= 11 is 6.14. The van der Waals surface area contributed by atoms with Crippen molar-refractivity contribution in [2.45, 2.75) is 6.54 Å². The standard InChI is InChI=1S/C23H18ClFN2O4/c1-30-16-8-5-14(6-9-16)23(29)26-15-7-10-21-20(11-15)27(22(28)13-31-21)12-17-18(24)3-2-4-19(17)25/h2-11H,12-13H2,1H3,(H,26,29). The number of halogens is 2. The van der Waals surface area contributed by atoms with Crippen molar-refractivity contribution in [1.29, 1.82) is 0 Å². The molecule has 1 heterocycles. The van der Waals surface area contributed by atoms with Crippen LogP contribution >= 0.6 is 11.6 Å². The summed E-state index contributed by atoms with van der Waals surface area (Å²) in [6.07, 6.45) is 0. The van der Waals surface area contributed by atoms with Crippen molar-refractivity contribution < 1.29 is 23.5 Å². The maximum Gasteiger partial charge on any atom is 0.265 e. The fourth-order valence-corrected chi connectivity index (χ4v) is 3.46. The molecule has 1 aliphatic heterocycles. The monoisotopic (exact) mass is 440 g/mol. The van der Waals surface area contributed by atoms with Gasteiger partial charge in [0.1, 0.15) is 17.3 Å². The molecule has 0 aromatic heterocycles. The van der Waals surface area contributed by atoms with Gasteiger partial charge in [0.05, 0.1) is 19.3 Å². The predicted octanol–water partition coefficient (Wildman–Crippen LogP) is 4.67. The van der Waals surface area contributed by atoms with Crippen molar-refractivity contribution in [1.82, 2.24) is 0 Å². The number of rotatable bonds is 5. The summed E-state index contributed by atoms with van der Waals surface area (Å²) < 4.78 is 24.9. The largest absolute Gasteiger partial charge is 0.497 e. The highest BCUT2D eigenvalue weighted by atomic mass is 35.5. The van der Waals surface area contributed by atoms with E-state index in [-0.39, 0.29) is 35.6 Å². The Bertz CT molecular complexity index is 1130. The third-order valence-electron chi connectivity index (χ3n) is 4.89. The highest BCUT2D eigenvalue weighted by molar-refractivity contribution is 6.31. The molecule has 8 heteroatoms. The van der Waals surface area contributed by atoms with Gasteiger partial charge in [-0.25, -0.2) is 4.39 Å². The average Bonchev–Trinajstić information content (AvgIpc) is 2.77. The molecule has 0 spiro atoms. The highest BCUT2D eigenvalue weighted by Crippen LogP contribution is 2.36. The van der Waals surface area contributed by atoms with Crippen LogP contribution in [0.25, 0.3) is 0 Å². The van der Waals surface area contributed by atoms with Gasteiger partial charge in [0, 0.05) is 21.8 Å². The summed E-state index contributed by atoms with van der Waals surface area (Å²) in [5, 5.41) is 3.02. The summed E-state index contributed by atoms with van der Waals surface area (Å²) in [7, 11) is 1.55. The topological polar surface area (TPSA) is 67.9 Å². The first-order chi connectivity index (χ1) is 15.0. The smallest absolute Gasteiger partial charge is 0.265 e. The maximum absolute atomic E-state index is 14.3. The minimum absolute atomic E-state index is 0.0589. The number of hydrogen-bond donors (Lipinski definition) is 1. The third-order valence-corrected chi connectivity index (χ3v) is 5.24. The van der Waals surface area contributed by atoms with E-state index >= 15 is 0 Å². The Hall–Kier alpha value is -3.58. The maximum atomic E-state index is 14.3. The fraction of sp³-hybridized carbons (Fsp3) is 0.130. The Balaban J connectivity index is 1.61. The lowest BCUT2D eigenvalue weighted by Gasteiger charge is -2.30. The molecule has 0 bridgehead atoms. The zero-order chi connectivity index (χ0) is 22.0. The number of nitrogens with one attached hydrogen (secondary N) is 1. The molecule has 3 aromatic rings. The number of hydrogen-bond acceptors (Lipinski definition) is 4. The van der Waals surface area contributed by atoms with Gasteiger partial charge in [0.2, 0.25) is 0 Å². The molecule has 1 N–H and O–H groups in total. The molecule has 0 aliphatic carbocycles. The van der Waals surface area contributed by atoms with Crippen molar-refractivity contribution in [2.24, 2.45) is 0 Å². The predicted molar refractivity (Wildman–Crippen MR) is 115 cm³/mol. The van der Waals surface area contributed by atoms with E-state index in [2.05, 4.69) is 5.32 Å². The lowest BCUT2D eigenvalue weighted by molar-refractivity contribution is -0.121. The number of ether oxygens (including phenoxy) is 2. The van der Waals surface area contributed by atoms with E-state index in [0.29, 0.717) is 28.4 Å². The molecule has 0 saturated carbocycles. The summed E-state index contributed by atoms with van der Waals surface area (Å²) in [5.41, 5.74) is 1.53. The molecule has 0 atom stereocenters. The lowest BCUT2D eigenvalue weighted by Crippen LogP contribution is -2.38. The van der Waals surface area contributed by atoms with Gasteiger partial charge in [-0.2, -0.15) is 0 Å². The first-order valence-corrected chi connectivity index (χ1v) is 9.79. The zero-order valence-corrected chi connectivity index (χ0v) is 17.3. The molecule has 0 unspecified atom stereocenters. The van der Waals surface area contributed by atoms with Crippen LogP contribution in [-0.4, -0.2) is 25.5 Å². The minimum Gasteiger partial charge on any atom is -0.497 e. The van der Waals surface area contributed by atoms with Gasteiger partial charge in [-0.05, 0) is 54.6 Å². The van der Waals surface area contributed by atoms with Crippen LogP contribution in [0.15, 0.2) is 60.7 Å². The second-order valence-corrected chi connectivity index (χ2v) is 7.24. The molecule has 2 amide bonds. The second-order valence-electron chi connectivity index (χ2n) is 6.83. The first-order valence-electron chi connectivity index (χ1n) is 9.42. The molecule has 0 fully saturated rings. The van der Waals surface area contributed by atoms with Crippen LogP contribution in [0.4, 0.5) is 15.8 Å². The SMILES string of the molecule is COc1ccc(C(=O)Nc2ccc3c(c2)N(Cc2c(F)cccc2Cl)C(=O)CO3)cc1. The van der Waals surface area contributed by atoms with Gasteiger partial charge in [0.15, 0.2) is 6.61 Å². The molecular weight excluding hydrogens is 423 g/mol. The van der Waals surface area contributed by atoms with Crippen molar-refractivity contribution in [3.05, 3.63) is 82.6 Å². The zero-order valence-electron chi connectivity index (χ0n) is 16.5. The van der Waals surface area contributed by atoms with E-state index < -0.39 is 5.82 Å². The van der Waals surface area contributed by atoms with Crippen LogP contribution < -0.4 is 19.7 Å². The number of nitrogens with zero attached hydrogens (tertiary/aromatic N) is 1. The Kier molecular flexibility index (Phi) is 5.77. The number of fused-ring (bicyclic) bond motifs is 1. The summed E-state index contributed by atoms with van der Waals surface area (Å²) in [6.45, 7) is -0.229. The van der Waals surface area contributed by atoms with Crippen LogP contribution in [0.5, 0.6) is 11.5 Å². The number of benzene rings is 3. The van der Waals surface area contributed by atoms with E-state index in [1.165, 1.54) is 17.0 Å². The van der Waals surface area contributed by atoms with Crippen molar-refractivity contribution in [2.75, 3.05) is 23.9 Å².